The molecule has 1 saturated carbocycles. The number of fused-ring (bicyclic) bond motifs is 1. The van der Waals surface area contributed by atoms with Crippen molar-refractivity contribution < 1.29 is 9.84 Å². The third-order valence-electron chi connectivity index (χ3n) is 4.33. The summed E-state index contributed by atoms with van der Waals surface area (Å²) in [6.45, 7) is 1.58. The van der Waals surface area contributed by atoms with Gasteiger partial charge in [0.2, 0.25) is 0 Å². The molecule has 21 heavy (non-hydrogen) atoms. The number of aromatic nitrogens is 1. The van der Waals surface area contributed by atoms with E-state index in [1.165, 1.54) is 0 Å². The van der Waals surface area contributed by atoms with Crippen LogP contribution in [0.2, 0.25) is 0 Å². The third kappa shape index (κ3) is 3.06. The second-order valence-corrected chi connectivity index (χ2v) is 6.32. The van der Waals surface area contributed by atoms with E-state index in [0.717, 1.165) is 54.6 Å². The van der Waals surface area contributed by atoms with Gasteiger partial charge < -0.3 is 19.7 Å². The van der Waals surface area contributed by atoms with Gasteiger partial charge in [0.25, 0.3) is 0 Å². The zero-order chi connectivity index (χ0) is 14.9. The highest BCUT2D eigenvalue weighted by molar-refractivity contribution is 5.82. The molecule has 0 radical (unpaired) electrons. The van der Waals surface area contributed by atoms with Crippen molar-refractivity contribution >= 4 is 10.9 Å². The van der Waals surface area contributed by atoms with Gasteiger partial charge in [0, 0.05) is 23.1 Å². The molecule has 1 aromatic carbocycles. The maximum absolute atomic E-state index is 10.7. The molecule has 4 nitrogen and oxygen atoms in total. The Labute approximate surface area is 125 Å². The third-order valence-corrected chi connectivity index (χ3v) is 4.33. The van der Waals surface area contributed by atoms with Crippen molar-refractivity contribution in [2.45, 2.75) is 31.3 Å². The fourth-order valence-corrected chi connectivity index (χ4v) is 3.03. The summed E-state index contributed by atoms with van der Waals surface area (Å²) >= 11 is 0. The molecular weight excluding hydrogens is 264 g/mol. The van der Waals surface area contributed by atoms with Crippen LogP contribution in [0.1, 0.15) is 31.4 Å². The van der Waals surface area contributed by atoms with Crippen LogP contribution in [-0.4, -0.2) is 42.2 Å². The molecular formula is C17H24N2O2. The molecule has 1 heterocycles. The van der Waals surface area contributed by atoms with Crippen LogP contribution < -0.4 is 4.74 Å². The summed E-state index contributed by atoms with van der Waals surface area (Å²) in [6, 6.07) is 8.13. The van der Waals surface area contributed by atoms with E-state index in [-0.39, 0.29) is 0 Å². The molecule has 1 aliphatic rings. The topological polar surface area (TPSA) is 48.5 Å². The molecule has 0 spiro atoms. The molecule has 3 rings (SSSR count). The molecule has 0 atom stereocenters. The number of nitrogens with one attached hydrogen (secondary N) is 1. The van der Waals surface area contributed by atoms with Crippen LogP contribution in [0, 0.1) is 0 Å². The Morgan fingerprint density at radius 3 is 2.71 bits per heavy atom. The van der Waals surface area contributed by atoms with Gasteiger partial charge in [-0.25, -0.2) is 0 Å². The van der Waals surface area contributed by atoms with Gasteiger partial charge in [-0.05, 0) is 51.2 Å². The molecule has 0 aliphatic heterocycles. The average Bonchev–Trinajstić information content (AvgIpc) is 3.05. The molecule has 0 amide bonds. The summed E-state index contributed by atoms with van der Waals surface area (Å²) in [6.07, 6.45) is 3.91. The Hall–Kier alpha value is -1.52. The van der Waals surface area contributed by atoms with E-state index in [1.54, 1.807) is 0 Å². The lowest BCUT2D eigenvalue weighted by Gasteiger charge is -2.20. The number of hydrogen-bond donors (Lipinski definition) is 2. The van der Waals surface area contributed by atoms with Crippen molar-refractivity contribution in [1.29, 1.82) is 0 Å². The molecule has 4 heteroatoms. The van der Waals surface area contributed by atoms with Crippen LogP contribution in [0.3, 0.4) is 0 Å². The van der Waals surface area contributed by atoms with Gasteiger partial charge in [0.15, 0.2) is 0 Å². The van der Waals surface area contributed by atoms with E-state index >= 15 is 0 Å². The lowest BCUT2D eigenvalue weighted by atomic mass is 9.98. The van der Waals surface area contributed by atoms with Crippen molar-refractivity contribution in [2.24, 2.45) is 0 Å². The van der Waals surface area contributed by atoms with E-state index in [0.29, 0.717) is 6.61 Å². The maximum Gasteiger partial charge on any atom is 0.120 e. The van der Waals surface area contributed by atoms with E-state index in [4.69, 9.17) is 4.74 Å². The predicted molar refractivity (Wildman–Crippen MR) is 84.7 cm³/mol. The fraction of sp³-hybridized carbons (Fsp3) is 0.529. The van der Waals surface area contributed by atoms with Crippen LogP contribution in [-0.2, 0) is 5.60 Å². The Bertz CT molecular complexity index is 612. The van der Waals surface area contributed by atoms with Crippen molar-refractivity contribution in [3.63, 3.8) is 0 Å². The molecule has 1 fully saturated rings. The van der Waals surface area contributed by atoms with Crippen LogP contribution in [0.15, 0.2) is 24.3 Å². The van der Waals surface area contributed by atoms with Crippen LogP contribution >= 0.6 is 0 Å². The molecule has 2 aromatic rings. The molecule has 1 aromatic heterocycles. The molecule has 0 saturated heterocycles. The number of ether oxygens (including phenoxy) is 1. The normalized spacial score (nSPS) is 17.7. The smallest absolute Gasteiger partial charge is 0.120 e. The number of H-pyrrole nitrogens is 1. The standard InChI is InChI=1S/C17H24N2O2/c1-19(2)9-10-21-14-5-6-15-13(11-14)12-16(18-15)17(20)7-3-4-8-17/h5-6,11-12,18,20H,3-4,7-10H2,1-2H3. The number of rotatable bonds is 5. The van der Waals surface area contributed by atoms with Gasteiger partial charge >= 0.3 is 0 Å². The van der Waals surface area contributed by atoms with Crippen molar-refractivity contribution in [3.05, 3.63) is 30.0 Å². The van der Waals surface area contributed by atoms with Gasteiger partial charge in [-0.15, -0.1) is 0 Å². The Kier molecular flexibility index (Phi) is 3.91. The maximum atomic E-state index is 10.7. The summed E-state index contributed by atoms with van der Waals surface area (Å²) < 4.78 is 5.77. The second-order valence-electron chi connectivity index (χ2n) is 6.32. The zero-order valence-corrected chi connectivity index (χ0v) is 12.9. The summed E-state index contributed by atoms with van der Waals surface area (Å²) in [7, 11) is 4.07. The largest absolute Gasteiger partial charge is 0.492 e. The first-order valence-corrected chi connectivity index (χ1v) is 7.70. The molecule has 0 unspecified atom stereocenters. The Balaban J connectivity index is 1.78. The first-order chi connectivity index (χ1) is 10.1. The molecule has 0 bridgehead atoms. The first-order valence-electron chi connectivity index (χ1n) is 7.70. The van der Waals surface area contributed by atoms with E-state index < -0.39 is 5.60 Å². The number of nitrogens with zero attached hydrogens (tertiary/aromatic N) is 1. The summed E-state index contributed by atoms with van der Waals surface area (Å²) in [5, 5.41) is 11.8. The zero-order valence-electron chi connectivity index (χ0n) is 12.9. The lowest BCUT2D eigenvalue weighted by molar-refractivity contribution is 0.0407. The van der Waals surface area contributed by atoms with E-state index in [2.05, 4.69) is 16.0 Å². The fourth-order valence-electron chi connectivity index (χ4n) is 3.03. The molecule has 1 aliphatic carbocycles. The predicted octanol–water partition coefficient (Wildman–Crippen LogP) is 2.87. The highest BCUT2D eigenvalue weighted by Gasteiger charge is 2.34. The highest BCUT2D eigenvalue weighted by Crippen LogP contribution is 2.39. The van der Waals surface area contributed by atoms with Crippen molar-refractivity contribution in [2.75, 3.05) is 27.2 Å². The van der Waals surface area contributed by atoms with Gasteiger partial charge in [-0.3, -0.25) is 0 Å². The molecule has 2 N–H and O–H groups in total. The Morgan fingerprint density at radius 1 is 1.24 bits per heavy atom. The quantitative estimate of drug-likeness (QED) is 0.889. The SMILES string of the molecule is CN(C)CCOc1ccc2[nH]c(C3(O)CCCC3)cc2c1. The van der Waals surface area contributed by atoms with Gasteiger partial charge in [0.05, 0.1) is 0 Å². The van der Waals surface area contributed by atoms with Gasteiger partial charge in [0.1, 0.15) is 18.0 Å². The second kappa shape index (κ2) is 5.70. The summed E-state index contributed by atoms with van der Waals surface area (Å²) in [4.78, 5) is 5.47. The minimum Gasteiger partial charge on any atom is -0.492 e. The van der Waals surface area contributed by atoms with Crippen molar-refractivity contribution in [1.82, 2.24) is 9.88 Å². The van der Waals surface area contributed by atoms with Gasteiger partial charge in [-0.2, -0.15) is 0 Å². The highest BCUT2D eigenvalue weighted by atomic mass is 16.5. The summed E-state index contributed by atoms with van der Waals surface area (Å²) in [5.74, 6) is 0.883. The van der Waals surface area contributed by atoms with E-state index in [1.807, 2.05) is 32.3 Å². The van der Waals surface area contributed by atoms with Crippen LogP contribution in [0.4, 0.5) is 0 Å². The number of benzene rings is 1. The number of hydrogen-bond acceptors (Lipinski definition) is 3. The average molecular weight is 288 g/mol. The number of likely N-dealkylation sites (N-methyl/N-ethyl adjacent to an activating group) is 1. The van der Waals surface area contributed by atoms with Gasteiger partial charge in [-0.1, -0.05) is 12.8 Å². The minimum atomic E-state index is -0.662. The summed E-state index contributed by atoms with van der Waals surface area (Å²) in [5.41, 5.74) is 1.34. The first kappa shape index (κ1) is 14.4. The number of aromatic amines is 1. The monoisotopic (exact) mass is 288 g/mol. The lowest BCUT2D eigenvalue weighted by Crippen LogP contribution is -2.21. The van der Waals surface area contributed by atoms with Crippen molar-refractivity contribution in [3.8, 4) is 5.75 Å². The number of aliphatic hydroxyl groups is 1. The van der Waals surface area contributed by atoms with Crippen LogP contribution in [0.5, 0.6) is 5.75 Å². The molecule has 114 valence electrons. The minimum absolute atomic E-state index is 0.662. The Morgan fingerprint density at radius 2 is 2.00 bits per heavy atom. The van der Waals surface area contributed by atoms with Crippen LogP contribution in [0.25, 0.3) is 10.9 Å². The van der Waals surface area contributed by atoms with E-state index in [9.17, 15) is 5.11 Å².